The summed E-state index contributed by atoms with van der Waals surface area (Å²) in [5.41, 5.74) is 3.43. The van der Waals surface area contributed by atoms with Crippen molar-refractivity contribution in [1.82, 2.24) is 14.9 Å². The molecule has 25 heavy (non-hydrogen) atoms. The summed E-state index contributed by atoms with van der Waals surface area (Å²) in [6, 6.07) is 11.1. The molecule has 1 aromatic heterocycles. The van der Waals surface area contributed by atoms with Crippen molar-refractivity contribution in [3.05, 3.63) is 76.3 Å². The zero-order chi connectivity index (χ0) is 17.8. The lowest BCUT2D eigenvalue weighted by molar-refractivity contribution is 0.101. The first-order valence-corrected chi connectivity index (χ1v) is 7.81. The third-order valence-electron chi connectivity index (χ3n) is 3.25. The van der Waals surface area contributed by atoms with E-state index in [2.05, 4.69) is 20.9 Å². The standard InChI is InChI=1S/C16H11Cl2N5O2/c17-10-5-6-11(13(18)7-10)15(24)21-14-4-2-1-3-12(14)16(25)22-23-8-19-20-9-23/h1-9H,(H,21,24)(H,22,25). The minimum absolute atomic E-state index is 0.219. The number of nitrogens with one attached hydrogen (secondary N) is 2. The minimum atomic E-state index is -0.453. The Hall–Kier alpha value is -2.90. The minimum Gasteiger partial charge on any atom is -0.321 e. The van der Waals surface area contributed by atoms with Crippen molar-refractivity contribution < 1.29 is 9.59 Å². The predicted molar refractivity (Wildman–Crippen MR) is 94.6 cm³/mol. The Bertz CT molecular complexity index is 928. The molecule has 0 saturated heterocycles. The van der Waals surface area contributed by atoms with Gasteiger partial charge in [0.25, 0.3) is 11.8 Å². The second kappa shape index (κ2) is 7.33. The lowest BCUT2D eigenvalue weighted by atomic mass is 10.1. The summed E-state index contributed by atoms with van der Waals surface area (Å²) >= 11 is 11.9. The summed E-state index contributed by atoms with van der Waals surface area (Å²) in [6.07, 6.45) is 2.68. The summed E-state index contributed by atoms with van der Waals surface area (Å²) in [7, 11) is 0. The Kier molecular flexibility index (Phi) is 4.97. The number of anilines is 1. The second-order valence-corrected chi connectivity index (χ2v) is 5.78. The van der Waals surface area contributed by atoms with Gasteiger partial charge in [-0.2, -0.15) is 0 Å². The van der Waals surface area contributed by atoms with Gasteiger partial charge in [0.15, 0.2) is 0 Å². The molecule has 0 aliphatic rings. The summed E-state index contributed by atoms with van der Waals surface area (Å²) < 4.78 is 1.30. The first-order valence-electron chi connectivity index (χ1n) is 7.06. The van der Waals surface area contributed by atoms with Gasteiger partial charge in [0.2, 0.25) is 0 Å². The fraction of sp³-hybridized carbons (Fsp3) is 0. The van der Waals surface area contributed by atoms with Gasteiger partial charge < -0.3 is 5.32 Å². The highest BCUT2D eigenvalue weighted by molar-refractivity contribution is 6.37. The first-order chi connectivity index (χ1) is 12.0. The predicted octanol–water partition coefficient (Wildman–Crippen LogP) is 3.22. The van der Waals surface area contributed by atoms with Crippen LogP contribution in [-0.2, 0) is 0 Å². The lowest BCUT2D eigenvalue weighted by Crippen LogP contribution is -2.23. The topological polar surface area (TPSA) is 88.9 Å². The summed E-state index contributed by atoms with van der Waals surface area (Å²) in [6.45, 7) is 0. The van der Waals surface area contributed by atoms with Crippen LogP contribution in [0.1, 0.15) is 20.7 Å². The molecule has 2 amide bonds. The van der Waals surface area contributed by atoms with Crippen molar-refractivity contribution in [3.8, 4) is 0 Å². The van der Waals surface area contributed by atoms with Crippen LogP contribution in [-0.4, -0.2) is 26.7 Å². The number of hydrogen-bond acceptors (Lipinski definition) is 4. The van der Waals surface area contributed by atoms with Gasteiger partial charge in [-0.05, 0) is 30.3 Å². The normalized spacial score (nSPS) is 10.3. The molecule has 1 heterocycles. The number of amides is 2. The lowest BCUT2D eigenvalue weighted by Gasteiger charge is -2.12. The molecular weight excluding hydrogens is 365 g/mol. The van der Waals surface area contributed by atoms with Crippen molar-refractivity contribution in [1.29, 1.82) is 0 Å². The van der Waals surface area contributed by atoms with Crippen molar-refractivity contribution in [2.45, 2.75) is 0 Å². The van der Waals surface area contributed by atoms with Gasteiger partial charge in [-0.15, -0.1) is 10.2 Å². The fourth-order valence-electron chi connectivity index (χ4n) is 2.09. The van der Waals surface area contributed by atoms with E-state index in [-0.39, 0.29) is 16.1 Å². The van der Waals surface area contributed by atoms with Gasteiger partial charge in [-0.1, -0.05) is 35.3 Å². The monoisotopic (exact) mass is 375 g/mol. The highest BCUT2D eigenvalue weighted by Crippen LogP contribution is 2.23. The number of carbonyl (C=O) groups excluding carboxylic acids is 2. The molecule has 2 aromatic carbocycles. The van der Waals surface area contributed by atoms with Crippen LogP contribution in [0.15, 0.2) is 55.1 Å². The van der Waals surface area contributed by atoms with Crippen LogP contribution in [0.2, 0.25) is 10.0 Å². The Morgan fingerprint density at radius 3 is 2.36 bits per heavy atom. The van der Waals surface area contributed by atoms with Crippen LogP contribution in [0.4, 0.5) is 5.69 Å². The van der Waals surface area contributed by atoms with Crippen LogP contribution in [0.25, 0.3) is 0 Å². The van der Waals surface area contributed by atoms with Crippen molar-refractivity contribution >= 4 is 40.7 Å². The maximum absolute atomic E-state index is 12.4. The van der Waals surface area contributed by atoms with Crippen molar-refractivity contribution in [2.24, 2.45) is 0 Å². The van der Waals surface area contributed by atoms with E-state index in [4.69, 9.17) is 23.2 Å². The number of carbonyl (C=O) groups is 2. The zero-order valence-corrected chi connectivity index (χ0v) is 14.1. The van der Waals surface area contributed by atoms with Gasteiger partial charge in [-0.3, -0.25) is 15.0 Å². The largest absolute Gasteiger partial charge is 0.321 e. The number of aromatic nitrogens is 3. The molecule has 0 saturated carbocycles. The van der Waals surface area contributed by atoms with Gasteiger partial charge in [0.05, 0.1) is 21.8 Å². The van der Waals surface area contributed by atoms with E-state index in [0.29, 0.717) is 10.7 Å². The van der Waals surface area contributed by atoms with E-state index in [0.717, 1.165) is 0 Å². The molecule has 9 heteroatoms. The Balaban J connectivity index is 1.83. The average molecular weight is 376 g/mol. The first kappa shape index (κ1) is 16.9. The maximum Gasteiger partial charge on any atom is 0.272 e. The molecule has 3 rings (SSSR count). The third kappa shape index (κ3) is 3.96. The molecule has 126 valence electrons. The molecule has 0 atom stereocenters. The summed E-state index contributed by atoms with van der Waals surface area (Å²) in [5, 5.41) is 10.5. The van der Waals surface area contributed by atoms with E-state index in [1.165, 1.54) is 29.5 Å². The van der Waals surface area contributed by atoms with Crippen LogP contribution in [0, 0.1) is 0 Å². The fourth-order valence-corrected chi connectivity index (χ4v) is 2.58. The van der Waals surface area contributed by atoms with Crippen molar-refractivity contribution in [3.63, 3.8) is 0 Å². The molecule has 7 nitrogen and oxygen atoms in total. The molecule has 0 aliphatic carbocycles. The van der Waals surface area contributed by atoms with E-state index in [1.54, 1.807) is 30.3 Å². The number of rotatable bonds is 4. The number of para-hydroxylation sites is 1. The van der Waals surface area contributed by atoms with Gasteiger partial charge >= 0.3 is 0 Å². The van der Waals surface area contributed by atoms with E-state index in [1.807, 2.05) is 0 Å². The summed E-state index contributed by atoms with van der Waals surface area (Å²) in [4.78, 5) is 24.8. The molecule has 2 N–H and O–H groups in total. The number of hydrogen-bond donors (Lipinski definition) is 2. The molecule has 0 aliphatic heterocycles. The number of nitrogens with zero attached hydrogens (tertiary/aromatic N) is 3. The number of halogens is 2. The molecule has 0 bridgehead atoms. The van der Waals surface area contributed by atoms with Crippen LogP contribution < -0.4 is 10.7 Å². The van der Waals surface area contributed by atoms with Crippen LogP contribution in [0.5, 0.6) is 0 Å². The quantitative estimate of drug-likeness (QED) is 0.732. The molecule has 0 fully saturated rings. The highest BCUT2D eigenvalue weighted by atomic mass is 35.5. The molecule has 0 unspecified atom stereocenters. The Morgan fingerprint density at radius 1 is 0.920 bits per heavy atom. The Labute approximate surface area is 152 Å². The number of benzene rings is 2. The van der Waals surface area contributed by atoms with Crippen LogP contribution >= 0.6 is 23.2 Å². The Morgan fingerprint density at radius 2 is 1.64 bits per heavy atom. The highest BCUT2D eigenvalue weighted by Gasteiger charge is 2.16. The summed E-state index contributed by atoms with van der Waals surface area (Å²) in [5.74, 6) is -0.885. The zero-order valence-electron chi connectivity index (χ0n) is 12.6. The third-order valence-corrected chi connectivity index (χ3v) is 3.79. The molecule has 3 aromatic rings. The van der Waals surface area contributed by atoms with Crippen LogP contribution in [0.3, 0.4) is 0 Å². The molecule has 0 spiro atoms. The van der Waals surface area contributed by atoms with E-state index < -0.39 is 11.8 Å². The van der Waals surface area contributed by atoms with E-state index in [9.17, 15) is 9.59 Å². The second-order valence-electron chi connectivity index (χ2n) is 4.93. The van der Waals surface area contributed by atoms with E-state index >= 15 is 0 Å². The maximum atomic E-state index is 12.4. The van der Waals surface area contributed by atoms with Gasteiger partial charge in [0.1, 0.15) is 12.7 Å². The molecular formula is C16H11Cl2N5O2. The smallest absolute Gasteiger partial charge is 0.272 e. The molecule has 0 radical (unpaired) electrons. The van der Waals surface area contributed by atoms with Gasteiger partial charge in [0, 0.05) is 5.02 Å². The van der Waals surface area contributed by atoms with Gasteiger partial charge in [-0.25, -0.2) is 4.68 Å². The average Bonchev–Trinajstić information content (AvgIpc) is 3.08. The SMILES string of the molecule is O=C(Nc1ccccc1C(=O)Nn1cnnc1)c1ccc(Cl)cc1Cl. The van der Waals surface area contributed by atoms with Crippen molar-refractivity contribution in [2.75, 3.05) is 10.7 Å².